The number of hydrogen-bond donors (Lipinski definition) is 0. The maximum Gasteiger partial charge on any atom is 0.173 e. The Bertz CT molecular complexity index is 865. The lowest BCUT2D eigenvalue weighted by atomic mass is 9.70. The van der Waals surface area contributed by atoms with E-state index in [1.54, 1.807) is 11.3 Å². The van der Waals surface area contributed by atoms with Crippen LogP contribution in [0.3, 0.4) is 0 Å². The summed E-state index contributed by atoms with van der Waals surface area (Å²) in [4.78, 5) is 16.5. The van der Waals surface area contributed by atoms with Gasteiger partial charge in [-0.15, -0.1) is 11.3 Å². The number of piperidine rings is 3. The fourth-order valence-electron chi connectivity index (χ4n) is 5.13. The number of carbonyl (C=O) groups is 1. The van der Waals surface area contributed by atoms with Gasteiger partial charge in [-0.1, -0.05) is 6.07 Å². The SMILES string of the molecule is N#Cc1ccc2cc(C(=O)C[C@@H]3C4CCN(CC4)C34CC4)sc2c1. The van der Waals surface area contributed by atoms with Gasteiger partial charge in [-0.05, 0) is 74.2 Å². The van der Waals surface area contributed by atoms with Crippen molar-refractivity contribution in [3.05, 3.63) is 34.7 Å². The van der Waals surface area contributed by atoms with Gasteiger partial charge in [-0.2, -0.15) is 5.26 Å². The Morgan fingerprint density at radius 1 is 1.29 bits per heavy atom. The number of benzene rings is 1. The fourth-order valence-corrected chi connectivity index (χ4v) is 6.18. The summed E-state index contributed by atoms with van der Waals surface area (Å²) in [5, 5.41) is 10.1. The topological polar surface area (TPSA) is 44.1 Å². The minimum absolute atomic E-state index is 0.305. The molecule has 0 amide bonds. The number of hydrogen-bond acceptors (Lipinski definition) is 4. The Kier molecular flexibility index (Phi) is 3.14. The lowest BCUT2D eigenvalue weighted by Gasteiger charge is -2.52. The van der Waals surface area contributed by atoms with Crippen molar-refractivity contribution >= 4 is 27.2 Å². The Balaban J connectivity index is 1.42. The molecular formula is C20H20N2OS. The van der Waals surface area contributed by atoms with E-state index in [1.807, 2.05) is 24.3 Å². The molecule has 4 aliphatic rings. The van der Waals surface area contributed by atoms with Crippen molar-refractivity contribution in [1.29, 1.82) is 5.26 Å². The maximum absolute atomic E-state index is 13.0. The summed E-state index contributed by atoms with van der Waals surface area (Å²) in [6.45, 7) is 2.49. The highest BCUT2D eigenvalue weighted by Crippen LogP contribution is 2.58. The van der Waals surface area contributed by atoms with Crippen molar-refractivity contribution in [2.75, 3.05) is 13.1 Å². The second kappa shape index (κ2) is 5.15. The molecule has 1 spiro atoms. The van der Waals surface area contributed by atoms with Crippen LogP contribution in [-0.2, 0) is 0 Å². The summed E-state index contributed by atoms with van der Waals surface area (Å²) >= 11 is 1.55. The zero-order valence-electron chi connectivity index (χ0n) is 13.6. The molecule has 0 N–H and O–H groups in total. The van der Waals surface area contributed by atoms with E-state index in [0.717, 1.165) is 20.9 Å². The predicted molar refractivity (Wildman–Crippen MR) is 95.2 cm³/mol. The molecule has 3 aliphatic heterocycles. The zero-order valence-corrected chi connectivity index (χ0v) is 14.4. The van der Waals surface area contributed by atoms with Gasteiger partial charge < -0.3 is 0 Å². The first kappa shape index (κ1) is 14.6. The maximum atomic E-state index is 13.0. The van der Waals surface area contributed by atoms with Crippen LogP contribution < -0.4 is 0 Å². The fraction of sp³-hybridized carbons (Fsp3) is 0.500. The number of Topliss-reactive ketones (excluding diaryl/α,β-unsaturated/α-hetero) is 1. The lowest BCUT2D eigenvalue weighted by molar-refractivity contribution is -0.0273. The van der Waals surface area contributed by atoms with Gasteiger partial charge in [0.15, 0.2) is 5.78 Å². The number of fused-ring (bicyclic) bond motifs is 3. The van der Waals surface area contributed by atoms with Crippen LogP contribution in [0.4, 0.5) is 0 Å². The molecule has 4 fully saturated rings. The molecule has 122 valence electrons. The molecule has 1 aromatic carbocycles. The summed E-state index contributed by atoms with van der Waals surface area (Å²) in [7, 11) is 0. The number of thiophene rings is 1. The summed E-state index contributed by atoms with van der Waals surface area (Å²) in [5.74, 6) is 1.62. The van der Waals surface area contributed by atoms with E-state index in [0.29, 0.717) is 29.2 Å². The van der Waals surface area contributed by atoms with Crippen LogP contribution in [0.15, 0.2) is 24.3 Å². The van der Waals surface area contributed by atoms with E-state index < -0.39 is 0 Å². The minimum atomic E-state index is 0.305. The normalized spacial score (nSPS) is 29.7. The quantitative estimate of drug-likeness (QED) is 0.788. The van der Waals surface area contributed by atoms with Gasteiger partial charge in [0, 0.05) is 16.7 Å². The molecule has 6 rings (SSSR count). The Labute approximate surface area is 145 Å². The Morgan fingerprint density at radius 3 is 2.79 bits per heavy atom. The molecule has 2 bridgehead atoms. The van der Waals surface area contributed by atoms with Gasteiger partial charge in [0.1, 0.15) is 0 Å². The largest absolute Gasteiger partial charge is 0.297 e. The highest BCUT2D eigenvalue weighted by Gasteiger charge is 2.60. The van der Waals surface area contributed by atoms with Gasteiger partial charge in [0.25, 0.3) is 0 Å². The molecule has 0 unspecified atom stereocenters. The van der Waals surface area contributed by atoms with E-state index in [2.05, 4.69) is 11.0 Å². The van der Waals surface area contributed by atoms with Crippen molar-refractivity contribution in [3.8, 4) is 6.07 Å². The van der Waals surface area contributed by atoms with Crippen LogP contribution in [0.25, 0.3) is 10.1 Å². The molecule has 1 saturated carbocycles. The van der Waals surface area contributed by atoms with Crippen LogP contribution in [0.1, 0.15) is 47.3 Å². The van der Waals surface area contributed by atoms with Crippen molar-refractivity contribution in [2.45, 2.75) is 37.6 Å². The molecule has 0 radical (unpaired) electrons. The van der Waals surface area contributed by atoms with Gasteiger partial charge >= 0.3 is 0 Å². The summed E-state index contributed by atoms with van der Waals surface area (Å²) in [6.07, 6.45) is 5.84. The first-order valence-electron chi connectivity index (χ1n) is 8.91. The monoisotopic (exact) mass is 336 g/mol. The van der Waals surface area contributed by atoms with Gasteiger partial charge in [-0.3, -0.25) is 9.69 Å². The molecule has 24 heavy (non-hydrogen) atoms. The molecule has 1 aliphatic carbocycles. The molecule has 1 aromatic heterocycles. The smallest absolute Gasteiger partial charge is 0.173 e. The first-order valence-corrected chi connectivity index (χ1v) is 9.73. The van der Waals surface area contributed by atoms with E-state index >= 15 is 0 Å². The van der Waals surface area contributed by atoms with Crippen LogP contribution in [0.2, 0.25) is 0 Å². The minimum Gasteiger partial charge on any atom is -0.297 e. The number of nitrogens with zero attached hydrogens (tertiary/aromatic N) is 2. The number of nitriles is 1. The van der Waals surface area contributed by atoms with Gasteiger partial charge in [0.05, 0.1) is 16.5 Å². The van der Waals surface area contributed by atoms with Crippen molar-refractivity contribution in [3.63, 3.8) is 0 Å². The molecule has 3 saturated heterocycles. The molecule has 4 heterocycles. The summed E-state index contributed by atoms with van der Waals surface area (Å²) < 4.78 is 1.05. The third-order valence-electron chi connectivity index (χ3n) is 6.52. The average Bonchev–Trinajstić information content (AvgIpc) is 3.27. The summed E-state index contributed by atoms with van der Waals surface area (Å²) in [6, 6.07) is 9.88. The van der Waals surface area contributed by atoms with Crippen LogP contribution in [-0.4, -0.2) is 29.3 Å². The molecule has 3 nitrogen and oxygen atoms in total. The van der Waals surface area contributed by atoms with Crippen molar-refractivity contribution in [2.24, 2.45) is 11.8 Å². The highest BCUT2D eigenvalue weighted by molar-refractivity contribution is 7.20. The standard InChI is InChI=1S/C20H20N2OS/c21-12-13-1-2-15-10-19(24-18(15)9-13)17(23)11-16-14-3-7-22(8-4-14)20(16)5-6-20/h1-2,9-10,14,16H,3-8,11H2/t16-/m1/s1. The second-order valence-electron chi connectivity index (χ2n) is 7.64. The number of ketones is 1. The summed E-state index contributed by atoms with van der Waals surface area (Å²) in [5.41, 5.74) is 1.04. The van der Waals surface area contributed by atoms with E-state index in [9.17, 15) is 4.79 Å². The van der Waals surface area contributed by atoms with Crippen LogP contribution >= 0.6 is 11.3 Å². The van der Waals surface area contributed by atoms with E-state index in [-0.39, 0.29) is 0 Å². The lowest BCUT2D eigenvalue weighted by Crippen LogP contribution is -2.57. The van der Waals surface area contributed by atoms with Crippen LogP contribution in [0, 0.1) is 23.2 Å². The molecule has 1 atom stereocenters. The second-order valence-corrected chi connectivity index (χ2v) is 8.72. The van der Waals surface area contributed by atoms with E-state index in [1.165, 1.54) is 38.8 Å². The molecule has 4 heteroatoms. The highest BCUT2D eigenvalue weighted by atomic mass is 32.1. The van der Waals surface area contributed by atoms with E-state index in [4.69, 9.17) is 5.26 Å². The predicted octanol–water partition coefficient (Wildman–Crippen LogP) is 4.22. The Hall–Kier alpha value is -1.70. The zero-order chi connectivity index (χ0) is 16.3. The third kappa shape index (κ3) is 2.08. The molecular weight excluding hydrogens is 316 g/mol. The van der Waals surface area contributed by atoms with Crippen LogP contribution in [0.5, 0.6) is 0 Å². The van der Waals surface area contributed by atoms with Crippen molar-refractivity contribution in [1.82, 2.24) is 4.90 Å². The first-order chi connectivity index (χ1) is 11.7. The molecule has 2 aromatic rings. The van der Waals surface area contributed by atoms with Crippen molar-refractivity contribution < 1.29 is 4.79 Å². The van der Waals surface area contributed by atoms with Gasteiger partial charge in [0.2, 0.25) is 0 Å². The number of carbonyl (C=O) groups excluding carboxylic acids is 1. The Morgan fingerprint density at radius 2 is 2.08 bits per heavy atom. The average molecular weight is 336 g/mol. The third-order valence-corrected chi connectivity index (χ3v) is 7.66. The number of rotatable bonds is 3. The van der Waals surface area contributed by atoms with Gasteiger partial charge in [-0.25, -0.2) is 0 Å².